The number of rotatable bonds is 5. The van der Waals surface area contributed by atoms with Crippen LogP contribution in [0.5, 0.6) is 0 Å². The number of aliphatic carboxylic acids is 1. The summed E-state index contributed by atoms with van der Waals surface area (Å²) < 4.78 is 12.2. The van der Waals surface area contributed by atoms with Crippen LogP contribution in [-0.4, -0.2) is 53.5 Å². The Hall–Kier alpha value is -0.680. The van der Waals surface area contributed by atoms with Crippen LogP contribution in [0.4, 0.5) is 4.39 Å². The molecule has 2 atom stereocenters. The number of nitrogens with zero attached hydrogens (tertiary/aromatic N) is 1. The maximum atomic E-state index is 12.2. The van der Waals surface area contributed by atoms with Crippen LogP contribution in [0, 0.1) is 5.92 Å². The van der Waals surface area contributed by atoms with Gasteiger partial charge in [-0.25, -0.2) is 0 Å². The molecule has 0 saturated carbocycles. The van der Waals surface area contributed by atoms with Gasteiger partial charge in [0.25, 0.3) is 0 Å². The van der Waals surface area contributed by atoms with Gasteiger partial charge in [-0.3, -0.25) is 9.18 Å². The van der Waals surface area contributed by atoms with Crippen molar-refractivity contribution in [2.45, 2.75) is 25.4 Å². The number of carboxylic acid groups (broad SMARTS) is 1. The number of aliphatic hydroxyl groups is 1. The zero-order valence-corrected chi connectivity index (χ0v) is 8.73. The van der Waals surface area contributed by atoms with Crippen LogP contribution in [-0.2, 0) is 4.79 Å². The number of carboxylic acids is 1. The molecule has 0 aromatic heterocycles. The number of carbonyl (C=O) groups is 1. The predicted molar refractivity (Wildman–Crippen MR) is 53.4 cm³/mol. The van der Waals surface area contributed by atoms with Crippen LogP contribution in [0.1, 0.15) is 19.3 Å². The second-order valence-corrected chi connectivity index (χ2v) is 4.04. The van der Waals surface area contributed by atoms with Gasteiger partial charge in [0, 0.05) is 25.6 Å². The molecule has 0 aromatic carbocycles. The van der Waals surface area contributed by atoms with Gasteiger partial charge >= 0.3 is 5.97 Å². The lowest BCUT2D eigenvalue weighted by Gasteiger charge is -2.35. The first-order chi connectivity index (χ1) is 7.13. The van der Waals surface area contributed by atoms with Crippen molar-refractivity contribution in [2.75, 3.05) is 26.3 Å². The van der Waals surface area contributed by atoms with Crippen molar-refractivity contribution in [3.05, 3.63) is 0 Å². The van der Waals surface area contributed by atoms with Gasteiger partial charge in [0.1, 0.15) is 0 Å². The van der Waals surface area contributed by atoms with E-state index in [0.717, 1.165) is 0 Å². The third kappa shape index (κ3) is 4.13. The normalized spacial score (nSPS) is 27.9. The quantitative estimate of drug-likeness (QED) is 0.707. The lowest BCUT2D eigenvalue weighted by molar-refractivity contribution is -0.137. The highest BCUT2D eigenvalue weighted by Gasteiger charge is 2.27. The number of piperidine rings is 1. The Morgan fingerprint density at radius 2 is 2.27 bits per heavy atom. The second-order valence-electron chi connectivity index (χ2n) is 4.04. The van der Waals surface area contributed by atoms with Crippen LogP contribution in [0.3, 0.4) is 0 Å². The Bertz CT molecular complexity index is 213. The van der Waals surface area contributed by atoms with Gasteiger partial charge in [-0.1, -0.05) is 0 Å². The van der Waals surface area contributed by atoms with Gasteiger partial charge < -0.3 is 15.1 Å². The zero-order chi connectivity index (χ0) is 11.3. The number of aliphatic hydroxyl groups excluding tert-OH is 1. The molecule has 88 valence electrons. The topological polar surface area (TPSA) is 60.8 Å². The Balaban J connectivity index is 2.32. The van der Waals surface area contributed by atoms with Gasteiger partial charge in [-0.15, -0.1) is 0 Å². The Morgan fingerprint density at radius 1 is 1.53 bits per heavy atom. The van der Waals surface area contributed by atoms with E-state index < -0.39 is 18.7 Å². The molecule has 0 radical (unpaired) electrons. The van der Waals surface area contributed by atoms with Crippen molar-refractivity contribution >= 4 is 5.97 Å². The maximum absolute atomic E-state index is 12.2. The molecule has 2 N–H and O–H groups in total. The third-order valence-corrected chi connectivity index (χ3v) is 2.90. The summed E-state index contributed by atoms with van der Waals surface area (Å²) in [4.78, 5) is 12.4. The molecule has 0 spiro atoms. The lowest BCUT2D eigenvalue weighted by atomic mass is 9.92. The molecule has 1 fully saturated rings. The summed E-state index contributed by atoms with van der Waals surface area (Å²) in [6.45, 7) is 1.38. The Morgan fingerprint density at radius 3 is 2.87 bits per heavy atom. The number of likely N-dealkylation sites (tertiary alicyclic amines) is 1. The molecule has 1 aliphatic rings. The summed E-state index contributed by atoms with van der Waals surface area (Å²) >= 11 is 0. The van der Waals surface area contributed by atoms with Crippen LogP contribution >= 0.6 is 0 Å². The first kappa shape index (κ1) is 12.4. The van der Waals surface area contributed by atoms with Crippen LogP contribution in [0.25, 0.3) is 0 Å². The molecule has 1 saturated heterocycles. The van der Waals surface area contributed by atoms with Crippen molar-refractivity contribution in [1.29, 1.82) is 0 Å². The summed E-state index contributed by atoms with van der Waals surface area (Å²) in [6, 6.07) is 0. The minimum atomic E-state index is -0.817. The van der Waals surface area contributed by atoms with Crippen LogP contribution < -0.4 is 0 Å². The first-order valence-corrected chi connectivity index (χ1v) is 5.31. The zero-order valence-electron chi connectivity index (χ0n) is 8.73. The molecule has 1 heterocycles. The summed E-state index contributed by atoms with van der Waals surface area (Å²) in [5.74, 6) is -0.860. The van der Waals surface area contributed by atoms with Gasteiger partial charge in [-0.2, -0.15) is 0 Å². The van der Waals surface area contributed by atoms with Crippen molar-refractivity contribution in [3.63, 3.8) is 0 Å². The fourth-order valence-electron chi connectivity index (χ4n) is 1.98. The fourth-order valence-corrected chi connectivity index (χ4v) is 1.98. The van der Waals surface area contributed by atoms with E-state index >= 15 is 0 Å². The number of hydrogen-bond acceptors (Lipinski definition) is 3. The van der Waals surface area contributed by atoms with E-state index in [0.29, 0.717) is 32.5 Å². The molecule has 0 unspecified atom stereocenters. The van der Waals surface area contributed by atoms with E-state index in [-0.39, 0.29) is 12.3 Å². The summed E-state index contributed by atoms with van der Waals surface area (Å²) in [5, 5.41) is 18.1. The second kappa shape index (κ2) is 6.02. The van der Waals surface area contributed by atoms with E-state index in [2.05, 4.69) is 0 Å². The Labute approximate surface area is 88.7 Å². The molecule has 0 aromatic rings. The van der Waals surface area contributed by atoms with Gasteiger partial charge in [0.05, 0.1) is 19.2 Å². The molecule has 0 amide bonds. The Kier molecular flexibility index (Phi) is 4.98. The van der Waals surface area contributed by atoms with Crippen molar-refractivity contribution in [1.82, 2.24) is 4.90 Å². The number of hydrogen-bond donors (Lipinski definition) is 2. The average molecular weight is 219 g/mol. The fraction of sp³-hybridized carbons (Fsp3) is 0.900. The van der Waals surface area contributed by atoms with E-state index in [1.807, 2.05) is 4.90 Å². The largest absolute Gasteiger partial charge is 0.481 e. The monoisotopic (exact) mass is 219 g/mol. The van der Waals surface area contributed by atoms with Crippen LogP contribution in [0.2, 0.25) is 0 Å². The molecule has 0 aliphatic carbocycles. The molecule has 1 rings (SSSR count). The molecule has 0 bridgehead atoms. The van der Waals surface area contributed by atoms with E-state index in [4.69, 9.17) is 5.11 Å². The van der Waals surface area contributed by atoms with Gasteiger partial charge in [0.2, 0.25) is 0 Å². The molecule has 5 heteroatoms. The summed E-state index contributed by atoms with van der Waals surface area (Å²) in [5.41, 5.74) is 0. The number of alkyl halides is 1. The minimum Gasteiger partial charge on any atom is -0.481 e. The lowest BCUT2D eigenvalue weighted by Crippen LogP contribution is -2.44. The first-order valence-electron chi connectivity index (χ1n) is 5.31. The molecular weight excluding hydrogens is 201 g/mol. The summed E-state index contributed by atoms with van der Waals surface area (Å²) in [7, 11) is 0. The minimum absolute atomic E-state index is 0.0439. The van der Waals surface area contributed by atoms with Crippen LogP contribution in [0.15, 0.2) is 0 Å². The van der Waals surface area contributed by atoms with E-state index in [9.17, 15) is 14.3 Å². The third-order valence-electron chi connectivity index (χ3n) is 2.90. The predicted octanol–water partition coefficient (Wildman–Crippen LogP) is 0.503. The molecule has 4 nitrogen and oxygen atoms in total. The molecular formula is C10H18FNO3. The average Bonchev–Trinajstić information content (AvgIpc) is 2.19. The SMILES string of the molecule is O=C(O)CCN1CC[C@@H](O)[C@H](CCF)C1. The van der Waals surface area contributed by atoms with Crippen molar-refractivity contribution in [3.8, 4) is 0 Å². The highest BCUT2D eigenvalue weighted by Crippen LogP contribution is 2.20. The highest BCUT2D eigenvalue weighted by atomic mass is 19.1. The standard InChI is InChI=1S/C10H18FNO3/c11-4-1-8-7-12(5-2-9(8)13)6-3-10(14)15/h8-9,13H,1-7H2,(H,14,15)/t8-,9-/m1/s1. The highest BCUT2D eigenvalue weighted by molar-refractivity contribution is 5.66. The van der Waals surface area contributed by atoms with Crippen molar-refractivity contribution < 1.29 is 19.4 Å². The smallest absolute Gasteiger partial charge is 0.304 e. The molecule has 15 heavy (non-hydrogen) atoms. The van der Waals surface area contributed by atoms with Crippen molar-refractivity contribution in [2.24, 2.45) is 5.92 Å². The molecule has 1 aliphatic heterocycles. The maximum Gasteiger partial charge on any atom is 0.304 e. The van der Waals surface area contributed by atoms with E-state index in [1.165, 1.54) is 0 Å². The summed E-state index contributed by atoms with van der Waals surface area (Å²) in [6.07, 6.45) is 0.662. The van der Waals surface area contributed by atoms with Gasteiger partial charge in [0.15, 0.2) is 0 Å². The van der Waals surface area contributed by atoms with E-state index in [1.54, 1.807) is 0 Å². The number of halogens is 1. The van der Waals surface area contributed by atoms with Gasteiger partial charge in [-0.05, 0) is 12.8 Å².